The van der Waals surface area contributed by atoms with Gasteiger partial charge in [0.15, 0.2) is 0 Å². The van der Waals surface area contributed by atoms with Crippen LogP contribution in [0.3, 0.4) is 0 Å². The molecule has 0 aliphatic rings. The summed E-state index contributed by atoms with van der Waals surface area (Å²) >= 11 is 0. The van der Waals surface area contributed by atoms with Crippen molar-refractivity contribution < 1.29 is 18.0 Å². The molecular formula is C35H39N3O4S. The number of carbonyl (C=O) groups is 2. The van der Waals surface area contributed by atoms with Gasteiger partial charge in [0.1, 0.15) is 12.6 Å². The van der Waals surface area contributed by atoms with E-state index in [-0.39, 0.29) is 23.8 Å². The van der Waals surface area contributed by atoms with Crippen LogP contribution in [0.2, 0.25) is 0 Å². The molecule has 8 heteroatoms. The third-order valence-corrected chi connectivity index (χ3v) is 9.02. The van der Waals surface area contributed by atoms with E-state index in [2.05, 4.69) is 5.32 Å². The smallest absolute Gasteiger partial charge is 0.264 e. The Morgan fingerprint density at radius 2 is 1.37 bits per heavy atom. The average molecular weight is 598 g/mol. The van der Waals surface area contributed by atoms with Gasteiger partial charge in [-0.1, -0.05) is 90.0 Å². The largest absolute Gasteiger partial charge is 0.355 e. The number of anilines is 1. The minimum absolute atomic E-state index is 0.0854. The number of sulfonamides is 1. The molecule has 4 aromatic rings. The third kappa shape index (κ3) is 8.11. The molecule has 7 nitrogen and oxygen atoms in total. The fraction of sp³-hybridized carbons (Fsp3) is 0.257. The molecule has 224 valence electrons. The highest BCUT2D eigenvalue weighted by molar-refractivity contribution is 7.92. The molecule has 1 N–H and O–H groups in total. The maximum absolute atomic E-state index is 14.4. The van der Waals surface area contributed by atoms with Crippen LogP contribution in [0.1, 0.15) is 34.7 Å². The maximum atomic E-state index is 14.4. The van der Waals surface area contributed by atoms with Gasteiger partial charge in [-0.3, -0.25) is 13.9 Å². The van der Waals surface area contributed by atoms with Crippen molar-refractivity contribution in [2.45, 2.75) is 51.6 Å². The Morgan fingerprint density at radius 3 is 2.00 bits per heavy atom. The van der Waals surface area contributed by atoms with E-state index >= 15 is 0 Å². The number of amides is 2. The molecule has 0 fully saturated rings. The lowest BCUT2D eigenvalue weighted by molar-refractivity contribution is -0.140. The monoisotopic (exact) mass is 597 g/mol. The van der Waals surface area contributed by atoms with Gasteiger partial charge in [0.25, 0.3) is 10.0 Å². The Bertz CT molecular complexity index is 1650. The van der Waals surface area contributed by atoms with Crippen molar-refractivity contribution >= 4 is 27.5 Å². The number of likely N-dealkylation sites (N-methyl/N-ethyl adjacent to an activating group) is 1. The van der Waals surface area contributed by atoms with E-state index < -0.39 is 28.5 Å². The minimum Gasteiger partial charge on any atom is -0.355 e. The fourth-order valence-electron chi connectivity index (χ4n) is 5.00. The van der Waals surface area contributed by atoms with Gasteiger partial charge in [-0.2, -0.15) is 0 Å². The van der Waals surface area contributed by atoms with Crippen LogP contribution in [-0.4, -0.2) is 44.3 Å². The summed E-state index contributed by atoms with van der Waals surface area (Å²) < 4.78 is 29.3. The van der Waals surface area contributed by atoms with Gasteiger partial charge in [-0.05, 0) is 68.7 Å². The molecule has 43 heavy (non-hydrogen) atoms. The van der Waals surface area contributed by atoms with E-state index in [9.17, 15) is 18.0 Å². The van der Waals surface area contributed by atoms with Gasteiger partial charge in [0.05, 0.1) is 10.6 Å². The molecule has 0 bridgehead atoms. The highest BCUT2D eigenvalue weighted by Crippen LogP contribution is 2.26. The van der Waals surface area contributed by atoms with Crippen LogP contribution < -0.4 is 9.62 Å². The molecule has 1 atom stereocenters. The van der Waals surface area contributed by atoms with Crippen molar-refractivity contribution in [1.82, 2.24) is 10.2 Å². The Kier molecular flexibility index (Phi) is 10.4. The van der Waals surface area contributed by atoms with Crippen LogP contribution in [0, 0.1) is 20.8 Å². The second kappa shape index (κ2) is 14.2. The summed E-state index contributed by atoms with van der Waals surface area (Å²) in [5, 5.41) is 2.89. The van der Waals surface area contributed by atoms with E-state index in [0.29, 0.717) is 12.2 Å². The standard InChI is InChI=1S/C35H39N3O4S/c1-5-36-35(40)33(23-29-13-7-6-8-14-29)37(24-30-15-9-11-27(3)21-30)34(39)25-38(31-16-10-12-28(4)22-31)43(41,42)32-19-17-26(2)18-20-32/h6-22,33H,5,23-25H2,1-4H3,(H,36,40). The number of rotatable bonds is 12. The molecule has 0 heterocycles. The molecule has 0 saturated heterocycles. The van der Waals surface area contributed by atoms with E-state index in [0.717, 1.165) is 32.1 Å². The van der Waals surface area contributed by atoms with Crippen molar-refractivity contribution in [3.8, 4) is 0 Å². The number of benzene rings is 4. The summed E-state index contributed by atoms with van der Waals surface area (Å²) in [7, 11) is -4.13. The topological polar surface area (TPSA) is 86.8 Å². The highest BCUT2D eigenvalue weighted by atomic mass is 32.2. The van der Waals surface area contributed by atoms with Crippen LogP contribution >= 0.6 is 0 Å². The molecule has 0 radical (unpaired) electrons. The lowest BCUT2D eigenvalue weighted by Crippen LogP contribution is -2.53. The van der Waals surface area contributed by atoms with Crippen molar-refractivity contribution in [2.24, 2.45) is 0 Å². The number of hydrogen-bond acceptors (Lipinski definition) is 4. The van der Waals surface area contributed by atoms with Crippen LogP contribution in [0.5, 0.6) is 0 Å². The maximum Gasteiger partial charge on any atom is 0.264 e. The molecule has 2 amide bonds. The predicted octanol–water partition coefficient (Wildman–Crippen LogP) is 5.58. The quantitative estimate of drug-likeness (QED) is 0.231. The van der Waals surface area contributed by atoms with Gasteiger partial charge >= 0.3 is 0 Å². The average Bonchev–Trinajstić information content (AvgIpc) is 2.98. The van der Waals surface area contributed by atoms with Gasteiger partial charge < -0.3 is 10.2 Å². The zero-order valence-corrected chi connectivity index (χ0v) is 26.0. The first-order valence-electron chi connectivity index (χ1n) is 14.4. The number of carbonyl (C=O) groups excluding carboxylic acids is 2. The summed E-state index contributed by atoms with van der Waals surface area (Å²) in [6.07, 6.45) is 0.277. The van der Waals surface area contributed by atoms with E-state index in [1.54, 1.807) is 42.5 Å². The first-order chi connectivity index (χ1) is 20.6. The first-order valence-corrected chi connectivity index (χ1v) is 15.8. The van der Waals surface area contributed by atoms with E-state index in [1.807, 2.05) is 88.4 Å². The van der Waals surface area contributed by atoms with Crippen LogP contribution in [0.4, 0.5) is 5.69 Å². The molecule has 0 aliphatic heterocycles. The number of aryl methyl sites for hydroxylation is 3. The third-order valence-electron chi connectivity index (χ3n) is 7.23. The van der Waals surface area contributed by atoms with Gasteiger partial charge in [0, 0.05) is 19.5 Å². The molecule has 1 unspecified atom stereocenters. The highest BCUT2D eigenvalue weighted by Gasteiger charge is 2.34. The minimum atomic E-state index is -4.13. The molecule has 4 aromatic carbocycles. The molecule has 4 rings (SSSR count). The van der Waals surface area contributed by atoms with Gasteiger partial charge in [0.2, 0.25) is 11.8 Å². The SMILES string of the molecule is CCNC(=O)C(Cc1ccccc1)N(Cc1cccc(C)c1)C(=O)CN(c1cccc(C)c1)S(=O)(=O)c1ccc(C)cc1. The van der Waals surface area contributed by atoms with Crippen LogP contribution in [-0.2, 0) is 32.6 Å². The Hall–Kier alpha value is -4.43. The lowest BCUT2D eigenvalue weighted by atomic mass is 10.0. The Labute approximate surface area is 255 Å². The van der Waals surface area contributed by atoms with Crippen LogP contribution in [0.15, 0.2) is 108 Å². The van der Waals surface area contributed by atoms with Crippen LogP contribution in [0.25, 0.3) is 0 Å². The second-order valence-corrected chi connectivity index (χ2v) is 12.6. The summed E-state index contributed by atoms with van der Waals surface area (Å²) in [6.45, 7) is 7.62. The number of hydrogen-bond donors (Lipinski definition) is 1. The Morgan fingerprint density at radius 1 is 0.744 bits per heavy atom. The van der Waals surface area contributed by atoms with Crippen molar-refractivity contribution in [1.29, 1.82) is 0 Å². The van der Waals surface area contributed by atoms with Crippen molar-refractivity contribution in [3.05, 3.63) is 131 Å². The first kappa shape index (κ1) is 31.5. The summed E-state index contributed by atoms with van der Waals surface area (Å²) in [6, 6.07) is 30.1. The zero-order valence-electron chi connectivity index (χ0n) is 25.2. The fourth-order valence-corrected chi connectivity index (χ4v) is 6.41. The number of nitrogens with one attached hydrogen (secondary N) is 1. The molecular weight excluding hydrogens is 558 g/mol. The normalized spacial score (nSPS) is 11.9. The van der Waals surface area contributed by atoms with E-state index in [4.69, 9.17) is 0 Å². The van der Waals surface area contributed by atoms with Crippen molar-refractivity contribution in [2.75, 3.05) is 17.4 Å². The second-order valence-electron chi connectivity index (χ2n) is 10.8. The predicted molar refractivity (Wildman–Crippen MR) is 171 cm³/mol. The number of nitrogens with zero attached hydrogens (tertiary/aromatic N) is 2. The molecule has 0 aromatic heterocycles. The molecule has 0 aliphatic carbocycles. The summed E-state index contributed by atoms with van der Waals surface area (Å²) in [4.78, 5) is 29.6. The zero-order chi connectivity index (χ0) is 31.0. The van der Waals surface area contributed by atoms with Crippen molar-refractivity contribution in [3.63, 3.8) is 0 Å². The Balaban J connectivity index is 1.80. The molecule has 0 saturated carbocycles. The van der Waals surface area contributed by atoms with Gasteiger partial charge in [-0.15, -0.1) is 0 Å². The lowest BCUT2D eigenvalue weighted by Gasteiger charge is -2.34. The summed E-state index contributed by atoms with van der Waals surface area (Å²) in [5.41, 5.74) is 4.91. The van der Waals surface area contributed by atoms with E-state index in [1.165, 1.54) is 4.90 Å². The molecule has 0 spiro atoms. The summed E-state index contributed by atoms with van der Waals surface area (Å²) in [5.74, 6) is -0.776. The van der Waals surface area contributed by atoms with Gasteiger partial charge in [-0.25, -0.2) is 8.42 Å².